The molecule has 6 heteroatoms. The highest BCUT2D eigenvalue weighted by Crippen LogP contribution is 2.15. The smallest absolute Gasteiger partial charge is 0.337 e. The first-order valence-electron chi connectivity index (χ1n) is 3.80. The van der Waals surface area contributed by atoms with Crippen LogP contribution in [0.1, 0.15) is 31.1 Å². The molecule has 3 N–H and O–H groups in total. The Labute approximate surface area is 83.9 Å². The highest BCUT2D eigenvalue weighted by atomic mass is 16.4. The largest absolute Gasteiger partial charge is 0.478 e. The maximum atomic E-state index is 10.8. The number of carbonyl (C=O) groups excluding carboxylic acids is 1. The number of benzene rings is 1. The van der Waals surface area contributed by atoms with E-state index in [1.807, 2.05) is 0 Å². The molecule has 1 aromatic carbocycles. The van der Waals surface area contributed by atoms with Crippen molar-refractivity contribution >= 4 is 17.8 Å². The van der Waals surface area contributed by atoms with Gasteiger partial charge in [0, 0.05) is 0 Å². The van der Waals surface area contributed by atoms with Crippen LogP contribution in [-0.4, -0.2) is 28.1 Å². The minimum absolute atomic E-state index is 0.428. The average Bonchev–Trinajstić information content (AvgIpc) is 2.16. The van der Waals surface area contributed by atoms with Gasteiger partial charge in [-0.15, -0.1) is 0 Å². The molecule has 1 aromatic rings. The van der Waals surface area contributed by atoms with E-state index in [1.165, 1.54) is 6.07 Å². The summed E-state index contributed by atoms with van der Waals surface area (Å²) in [6, 6.07) is 3.39. The molecular formula is C9H6NO5. The zero-order valence-electron chi connectivity index (χ0n) is 7.35. The van der Waals surface area contributed by atoms with Crippen LogP contribution < -0.4 is 5.73 Å². The molecule has 0 aliphatic heterocycles. The van der Waals surface area contributed by atoms with Crippen LogP contribution in [0, 0.1) is 0 Å². The van der Waals surface area contributed by atoms with Crippen LogP contribution in [0.4, 0.5) is 0 Å². The number of nitrogens with one attached hydrogen (secondary N) is 1. The van der Waals surface area contributed by atoms with E-state index in [0.717, 1.165) is 12.1 Å². The molecule has 15 heavy (non-hydrogen) atoms. The molecule has 1 radical (unpaired) electrons. The summed E-state index contributed by atoms with van der Waals surface area (Å²) < 4.78 is 0. The summed E-state index contributed by atoms with van der Waals surface area (Å²) >= 11 is 0. The van der Waals surface area contributed by atoms with Crippen LogP contribution in [0.25, 0.3) is 0 Å². The van der Waals surface area contributed by atoms with Crippen LogP contribution >= 0.6 is 0 Å². The molecule has 0 aromatic heterocycles. The molecule has 77 valence electrons. The summed E-state index contributed by atoms with van der Waals surface area (Å²) in [5, 5.41) is 17.4. The second-order valence-electron chi connectivity index (χ2n) is 2.67. The monoisotopic (exact) mass is 208 g/mol. The molecule has 0 unspecified atom stereocenters. The molecule has 0 heterocycles. The third-order valence-electron chi connectivity index (χ3n) is 1.75. The number of carbonyl (C=O) groups is 3. The number of carboxylic acid groups (broad SMARTS) is 2. The zero-order valence-corrected chi connectivity index (χ0v) is 7.35. The molecule has 1 rings (SSSR count). The Morgan fingerprint density at radius 3 is 1.93 bits per heavy atom. The van der Waals surface area contributed by atoms with E-state index < -0.39 is 34.5 Å². The lowest BCUT2D eigenvalue weighted by Gasteiger charge is -2.04. The Morgan fingerprint density at radius 2 is 1.53 bits per heavy atom. The molecule has 0 aliphatic rings. The summed E-state index contributed by atoms with van der Waals surface area (Å²) in [6.07, 6.45) is 0. The fraction of sp³-hybridized carbons (Fsp3) is 0. The van der Waals surface area contributed by atoms with Gasteiger partial charge in [0.1, 0.15) is 0 Å². The predicted molar refractivity (Wildman–Crippen MR) is 47.8 cm³/mol. The van der Waals surface area contributed by atoms with Crippen molar-refractivity contribution in [2.75, 3.05) is 0 Å². The maximum absolute atomic E-state index is 10.8. The molecule has 0 saturated carbocycles. The van der Waals surface area contributed by atoms with Crippen molar-refractivity contribution in [1.29, 1.82) is 0 Å². The Bertz CT molecular complexity index is 420. The number of rotatable bonds is 3. The lowest BCUT2D eigenvalue weighted by molar-refractivity contribution is 0.0649. The molecule has 0 bridgehead atoms. The third-order valence-corrected chi connectivity index (χ3v) is 1.75. The first kappa shape index (κ1) is 10.7. The van der Waals surface area contributed by atoms with E-state index in [9.17, 15) is 14.4 Å². The van der Waals surface area contributed by atoms with E-state index in [-0.39, 0.29) is 0 Å². The molecule has 6 nitrogen and oxygen atoms in total. The highest BCUT2D eigenvalue weighted by Gasteiger charge is 2.22. The summed E-state index contributed by atoms with van der Waals surface area (Å²) in [5.74, 6) is -4.21. The molecule has 0 spiro atoms. The minimum atomic E-state index is -1.54. The van der Waals surface area contributed by atoms with Gasteiger partial charge in [-0.3, -0.25) is 10.5 Å². The van der Waals surface area contributed by atoms with Gasteiger partial charge in [-0.25, -0.2) is 9.59 Å². The lowest BCUT2D eigenvalue weighted by atomic mass is 10.0. The van der Waals surface area contributed by atoms with Crippen molar-refractivity contribution in [2.24, 2.45) is 0 Å². The van der Waals surface area contributed by atoms with Crippen molar-refractivity contribution < 1.29 is 24.6 Å². The second kappa shape index (κ2) is 3.79. The predicted octanol–water partition coefficient (Wildman–Crippen LogP) is 0.506. The summed E-state index contributed by atoms with van der Waals surface area (Å²) in [5.41, 5.74) is 5.22. The fourth-order valence-corrected chi connectivity index (χ4v) is 1.15. The van der Waals surface area contributed by atoms with Gasteiger partial charge in [0.2, 0.25) is 0 Å². The van der Waals surface area contributed by atoms with Crippen molar-refractivity contribution in [2.45, 2.75) is 0 Å². The molecular weight excluding hydrogens is 202 g/mol. The van der Waals surface area contributed by atoms with Crippen molar-refractivity contribution in [1.82, 2.24) is 5.73 Å². The van der Waals surface area contributed by atoms with Gasteiger partial charge < -0.3 is 10.2 Å². The van der Waals surface area contributed by atoms with E-state index in [0.29, 0.717) is 0 Å². The molecule has 0 saturated heterocycles. The van der Waals surface area contributed by atoms with Gasteiger partial charge in [-0.2, -0.15) is 0 Å². The van der Waals surface area contributed by atoms with Gasteiger partial charge in [-0.1, -0.05) is 6.07 Å². The Kier molecular flexibility index (Phi) is 2.70. The van der Waals surface area contributed by atoms with Crippen LogP contribution in [0.5, 0.6) is 0 Å². The normalized spacial score (nSPS) is 9.60. The Morgan fingerprint density at radius 1 is 1.00 bits per heavy atom. The Hall–Kier alpha value is -2.37. The van der Waals surface area contributed by atoms with Gasteiger partial charge in [0.05, 0.1) is 16.7 Å². The number of carboxylic acids is 2. The topological polar surface area (TPSA) is 115 Å². The van der Waals surface area contributed by atoms with Crippen LogP contribution in [0.15, 0.2) is 18.2 Å². The SMILES string of the molecule is [NH]C(=O)c1cccc(C(=O)O)c1C(=O)O. The molecule has 0 atom stereocenters. The third kappa shape index (κ3) is 1.93. The van der Waals surface area contributed by atoms with Gasteiger partial charge >= 0.3 is 11.9 Å². The van der Waals surface area contributed by atoms with Gasteiger partial charge in [0.15, 0.2) is 0 Å². The zero-order chi connectivity index (χ0) is 11.6. The first-order valence-corrected chi connectivity index (χ1v) is 3.80. The summed E-state index contributed by atoms with van der Waals surface area (Å²) in [6.45, 7) is 0. The molecule has 0 fully saturated rings. The second-order valence-corrected chi connectivity index (χ2v) is 2.67. The van der Waals surface area contributed by atoms with E-state index in [4.69, 9.17) is 15.9 Å². The van der Waals surface area contributed by atoms with Crippen molar-refractivity contribution in [3.8, 4) is 0 Å². The van der Waals surface area contributed by atoms with E-state index >= 15 is 0 Å². The standard InChI is InChI=1S/C9H6NO5/c10-7(11)4-2-1-3-5(8(12)13)6(4)9(14)15/h1-3,10H,(H,12,13)(H,14,15). The summed E-state index contributed by atoms with van der Waals surface area (Å²) in [7, 11) is 0. The van der Waals surface area contributed by atoms with Crippen LogP contribution in [0.3, 0.4) is 0 Å². The molecule has 0 aliphatic carbocycles. The highest BCUT2D eigenvalue weighted by molar-refractivity contribution is 6.10. The fourth-order valence-electron chi connectivity index (χ4n) is 1.15. The summed E-state index contributed by atoms with van der Waals surface area (Å²) in [4.78, 5) is 32.2. The number of hydrogen-bond acceptors (Lipinski definition) is 3. The number of aromatic carboxylic acids is 2. The lowest BCUT2D eigenvalue weighted by Crippen LogP contribution is -2.14. The van der Waals surface area contributed by atoms with Gasteiger partial charge in [-0.05, 0) is 12.1 Å². The average molecular weight is 208 g/mol. The maximum Gasteiger partial charge on any atom is 0.337 e. The van der Waals surface area contributed by atoms with Crippen molar-refractivity contribution in [3.05, 3.63) is 34.9 Å². The number of hydrogen-bond donors (Lipinski definition) is 2. The van der Waals surface area contributed by atoms with Crippen LogP contribution in [0.2, 0.25) is 0 Å². The van der Waals surface area contributed by atoms with Crippen LogP contribution in [-0.2, 0) is 0 Å². The van der Waals surface area contributed by atoms with E-state index in [2.05, 4.69) is 0 Å². The number of amides is 1. The first-order chi connectivity index (χ1) is 6.95. The molecule has 1 amide bonds. The van der Waals surface area contributed by atoms with Crippen molar-refractivity contribution in [3.63, 3.8) is 0 Å². The van der Waals surface area contributed by atoms with Gasteiger partial charge in [0.25, 0.3) is 5.91 Å². The quantitative estimate of drug-likeness (QED) is 0.750. The minimum Gasteiger partial charge on any atom is -0.478 e. The Balaban J connectivity index is 3.56. The van der Waals surface area contributed by atoms with E-state index in [1.54, 1.807) is 0 Å².